The molecule has 1 heterocycles. The van der Waals surface area contributed by atoms with Gasteiger partial charge in [-0.15, -0.1) is 0 Å². The van der Waals surface area contributed by atoms with Crippen molar-refractivity contribution in [2.24, 2.45) is 5.92 Å². The summed E-state index contributed by atoms with van der Waals surface area (Å²) in [7, 11) is 0. The van der Waals surface area contributed by atoms with Crippen molar-refractivity contribution < 1.29 is 19.0 Å². The predicted molar refractivity (Wildman–Crippen MR) is 92.3 cm³/mol. The van der Waals surface area contributed by atoms with Crippen molar-refractivity contribution in [1.29, 1.82) is 0 Å². The number of carbonyl (C=O) groups is 1. The van der Waals surface area contributed by atoms with Crippen molar-refractivity contribution in [3.8, 4) is 0 Å². The van der Waals surface area contributed by atoms with Crippen LogP contribution < -0.4 is 0 Å². The predicted octanol–water partition coefficient (Wildman–Crippen LogP) is 3.91. The highest BCUT2D eigenvalue weighted by molar-refractivity contribution is 5.68. The Hall–Kier alpha value is -2.40. The molecule has 0 saturated carbocycles. The van der Waals surface area contributed by atoms with Crippen LogP contribution in [0.5, 0.6) is 0 Å². The molecular weight excluding hydrogens is 321 g/mol. The lowest BCUT2D eigenvalue weighted by Crippen LogP contribution is -2.42. The van der Waals surface area contributed by atoms with Gasteiger partial charge in [-0.2, -0.15) is 0 Å². The second-order valence-corrected chi connectivity index (χ2v) is 6.37. The van der Waals surface area contributed by atoms with E-state index in [1.807, 2.05) is 30.3 Å². The van der Waals surface area contributed by atoms with E-state index in [1.54, 1.807) is 17.0 Å². The maximum Gasteiger partial charge on any atom is 0.410 e. The Labute approximate surface area is 146 Å². The Balaban J connectivity index is 1.72. The molecule has 0 radical (unpaired) electrons. The Morgan fingerprint density at radius 1 is 1.16 bits per heavy atom. The Bertz CT molecular complexity index is 690. The van der Waals surface area contributed by atoms with E-state index >= 15 is 0 Å². The third kappa shape index (κ3) is 4.37. The zero-order valence-corrected chi connectivity index (χ0v) is 14.0. The van der Waals surface area contributed by atoms with Crippen LogP contribution in [0.4, 0.5) is 9.18 Å². The van der Waals surface area contributed by atoms with Gasteiger partial charge in [-0.3, -0.25) is 0 Å². The van der Waals surface area contributed by atoms with Crippen LogP contribution in [0.25, 0.3) is 0 Å². The third-order valence-corrected chi connectivity index (χ3v) is 4.66. The summed E-state index contributed by atoms with van der Waals surface area (Å²) in [6.07, 6.45) is 0.992. The number of benzene rings is 2. The first-order chi connectivity index (χ1) is 12.2. The van der Waals surface area contributed by atoms with Crippen molar-refractivity contribution in [3.63, 3.8) is 0 Å². The van der Waals surface area contributed by atoms with Crippen LogP contribution in [0.2, 0.25) is 0 Å². The number of halogens is 1. The molecule has 1 N–H and O–H groups in total. The number of nitrogens with zero attached hydrogens (tertiary/aromatic N) is 1. The fourth-order valence-corrected chi connectivity index (χ4v) is 3.23. The highest BCUT2D eigenvalue weighted by Crippen LogP contribution is 2.34. The molecule has 1 aliphatic heterocycles. The van der Waals surface area contributed by atoms with Crippen LogP contribution in [-0.4, -0.2) is 29.3 Å². The first-order valence-corrected chi connectivity index (χ1v) is 8.51. The first kappa shape index (κ1) is 17.4. The van der Waals surface area contributed by atoms with E-state index in [0.717, 1.165) is 17.5 Å². The van der Waals surface area contributed by atoms with E-state index in [2.05, 4.69) is 0 Å². The van der Waals surface area contributed by atoms with Crippen LogP contribution in [0.1, 0.15) is 30.0 Å². The van der Waals surface area contributed by atoms with E-state index in [-0.39, 0.29) is 37.1 Å². The third-order valence-electron chi connectivity index (χ3n) is 4.66. The number of carbonyl (C=O) groups excluding carboxylic acids is 1. The second-order valence-electron chi connectivity index (χ2n) is 6.37. The van der Waals surface area contributed by atoms with Gasteiger partial charge >= 0.3 is 6.09 Å². The summed E-state index contributed by atoms with van der Waals surface area (Å²) in [6, 6.07) is 15.5. The van der Waals surface area contributed by atoms with Gasteiger partial charge in [0.15, 0.2) is 0 Å². The fraction of sp³-hybridized carbons (Fsp3) is 0.350. The monoisotopic (exact) mass is 343 g/mol. The summed E-state index contributed by atoms with van der Waals surface area (Å²) in [5.74, 6) is -0.176. The molecule has 1 amide bonds. The van der Waals surface area contributed by atoms with Crippen LogP contribution >= 0.6 is 0 Å². The average Bonchev–Trinajstić information content (AvgIpc) is 2.67. The van der Waals surface area contributed by atoms with Crippen LogP contribution in [0, 0.1) is 11.7 Å². The first-order valence-electron chi connectivity index (χ1n) is 8.51. The van der Waals surface area contributed by atoms with Crippen molar-refractivity contribution in [3.05, 3.63) is 71.5 Å². The number of aliphatic hydroxyl groups excluding tert-OH is 1. The summed E-state index contributed by atoms with van der Waals surface area (Å²) in [5.41, 5.74) is 1.79. The van der Waals surface area contributed by atoms with Gasteiger partial charge in [0, 0.05) is 13.2 Å². The van der Waals surface area contributed by atoms with Gasteiger partial charge in [-0.05, 0) is 42.0 Å². The largest absolute Gasteiger partial charge is 0.445 e. The second kappa shape index (κ2) is 8.12. The van der Waals surface area contributed by atoms with E-state index in [4.69, 9.17) is 4.74 Å². The number of rotatable bonds is 4. The summed E-state index contributed by atoms with van der Waals surface area (Å²) in [5, 5.41) is 9.48. The van der Waals surface area contributed by atoms with Gasteiger partial charge in [0.25, 0.3) is 0 Å². The highest BCUT2D eigenvalue weighted by atomic mass is 19.1. The molecule has 2 unspecified atom stereocenters. The van der Waals surface area contributed by atoms with Crippen molar-refractivity contribution >= 4 is 6.09 Å². The molecule has 2 aromatic carbocycles. The lowest BCUT2D eigenvalue weighted by Gasteiger charge is -2.38. The molecule has 3 rings (SSSR count). The summed E-state index contributed by atoms with van der Waals surface area (Å²) < 4.78 is 18.7. The lowest BCUT2D eigenvalue weighted by atomic mass is 9.88. The SMILES string of the molecule is O=C(OCc1ccccc1)N1CCC(CO)CC1c1ccc(F)cc1. The summed E-state index contributed by atoms with van der Waals surface area (Å²) in [6.45, 7) is 0.821. The number of amides is 1. The molecule has 1 saturated heterocycles. The maximum atomic E-state index is 13.2. The van der Waals surface area contributed by atoms with Gasteiger partial charge < -0.3 is 14.7 Å². The molecule has 0 bridgehead atoms. The van der Waals surface area contributed by atoms with Crippen molar-refractivity contribution in [2.45, 2.75) is 25.5 Å². The molecule has 0 aromatic heterocycles. The highest BCUT2D eigenvalue weighted by Gasteiger charge is 2.33. The quantitative estimate of drug-likeness (QED) is 0.916. The molecule has 132 valence electrons. The molecule has 0 aliphatic carbocycles. The Morgan fingerprint density at radius 3 is 2.56 bits per heavy atom. The fourth-order valence-electron chi connectivity index (χ4n) is 3.23. The summed E-state index contributed by atoms with van der Waals surface area (Å²) in [4.78, 5) is 14.3. The minimum atomic E-state index is -0.380. The standard InChI is InChI=1S/C20H22FNO3/c21-18-8-6-17(7-9-18)19-12-16(13-23)10-11-22(19)20(24)25-14-15-4-2-1-3-5-15/h1-9,16,19,23H,10-14H2. The minimum Gasteiger partial charge on any atom is -0.445 e. The number of likely N-dealkylation sites (tertiary alicyclic amines) is 1. The topological polar surface area (TPSA) is 49.8 Å². The minimum absolute atomic E-state index is 0.0879. The molecule has 1 aliphatic rings. The maximum absolute atomic E-state index is 13.2. The van der Waals surface area contributed by atoms with Crippen molar-refractivity contribution in [1.82, 2.24) is 4.90 Å². The van der Waals surface area contributed by atoms with Crippen LogP contribution in [0.3, 0.4) is 0 Å². The van der Waals surface area contributed by atoms with E-state index in [9.17, 15) is 14.3 Å². The summed E-state index contributed by atoms with van der Waals surface area (Å²) >= 11 is 0. The van der Waals surface area contributed by atoms with Gasteiger partial charge in [0.05, 0.1) is 6.04 Å². The van der Waals surface area contributed by atoms with E-state index in [1.165, 1.54) is 12.1 Å². The Kier molecular flexibility index (Phi) is 5.66. The molecule has 2 atom stereocenters. The van der Waals surface area contributed by atoms with Gasteiger partial charge in [-0.25, -0.2) is 9.18 Å². The van der Waals surface area contributed by atoms with E-state index in [0.29, 0.717) is 13.0 Å². The van der Waals surface area contributed by atoms with Gasteiger partial charge in [0.1, 0.15) is 12.4 Å². The Morgan fingerprint density at radius 2 is 1.88 bits per heavy atom. The molecule has 2 aromatic rings. The molecule has 1 fully saturated rings. The van der Waals surface area contributed by atoms with Crippen LogP contribution in [-0.2, 0) is 11.3 Å². The smallest absolute Gasteiger partial charge is 0.410 e. The number of hydrogen-bond acceptors (Lipinski definition) is 3. The lowest BCUT2D eigenvalue weighted by molar-refractivity contribution is 0.0463. The van der Waals surface area contributed by atoms with Gasteiger partial charge in [-0.1, -0.05) is 42.5 Å². The zero-order chi connectivity index (χ0) is 17.6. The molecular formula is C20H22FNO3. The van der Waals surface area contributed by atoms with Crippen molar-refractivity contribution in [2.75, 3.05) is 13.2 Å². The molecule has 0 spiro atoms. The number of ether oxygens (including phenoxy) is 1. The number of hydrogen-bond donors (Lipinski definition) is 1. The normalized spacial score (nSPS) is 20.3. The zero-order valence-electron chi connectivity index (χ0n) is 14.0. The number of aliphatic hydroxyl groups is 1. The molecule has 5 heteroatoms. The number of piperidine rings is 1. The average molecular weight is 343 g/mol. The van der Waals surface area contributed by atoms with Gasteiger partial charge in [0.2, 0.25) is 0 Å². The molecule has 25 heavy (non-hydrogen) atoms. The van der Waals surface area contributed by atoms with E-state index < -0.39 is 0 Å². The molecule has 4 nitrogen and oxygen atoms in total. The van der Waals surface area contributed by atoms with Crippen LogP contribution in [0.15, 0.2) is 54.6 Å².